The highest BCUT2D eigenvalue weighted by molar-refractivity contribution is 5.26. The van der Waals surface area contributed by atoms with Gasteiger partial charge in [0.2, 0.25) is 0 Å². The van der Waals surface area contributed by atoms with E-state index in [1.807, 2.05) is 0 Å². The van der Waals surface area contributed by atoms with Gasteiger partial charge in [0.05, 0.1) is 0 Å². The van der Waals surface area contributed by atoms with Crippen LogP contribution in [0, 0.1) is 11.8 Å². The number of rotatable bonds is 4. The molecule has 1 saturated heterocycles. The molecule has 1 heterocycles. The molecule has 1 fully saturated rings. The van der Waals surface area contributed by atoms with Crippen molar-refractivity contribution < 1.29 is 0 Å². The molecule has 1 aliphatic heterocycles. The fraction of sp³-hybridized carbons (Fsp3) is 0.667. The van der Waals surface area contributed by atoms with Crippen LogP contribution in [0.3, 0.4) is 0 Å². The van der Waals surface area contributed by atoms with Crippen molar-refractivity contribution in [3.8, 4) is 0 Å². The fourth-order valence-electron chi connectivity index (χ4n) is 3.45. The van der Waals surface area contributed by atoms with Gasteiger partial charge in [0.25, 0.3) is 0 Å². The van der Waals surface area contributed by atoms with Gasteiger partial charge in [-0.1, -0.05) is 52.0 Å². The molecule has 112 valence electrons. The van der Waals surface area contributed by atoms with Gasteiger partial charge in [0.15, 0.2) is 0 Å². The van der Waals surface area contributed by atoms with Gasteiger partial charge < -0.3 is 10.6 Å². The highest BCUT2D eigenvalue weighted by Crippen LogP contribution is 2.23. The van der Waals surface area contributed by atoms with Crippen LogP contribution in [0.25, 0.3) is 0 Å². The standard InChI is InChI=1S/C18H30N2/c1-13(2)16-5-7-17(8-6-16)18(19)12-20-10-14(3)9-15(4)11-20/h5-8,13-15,18H,9-12,19H2,1-4H3. The molecule has 1 aliphatic rings. The van der Waals surface area contributed by atoms with Crippen molar-refractivity contribution in [3.05, 3.63) is 35.4 Å². The normalized spacial score (nSPS) is 25.9. The monoisotopic (exact) mass is 274 g/mol. The molecule has 0 radical (unpaired) electrons. The van der Waals surface area contributed by atoms with Gasteiger partial charge in [-0.2, -0.15) is 0 Å². The average Bonchev–Trinajstić information content (AvgIpc) is 2.37. The maximum absolute atomic E-state index is 6.40. The molecule has 0 saturated carbocycles. The maximum atomic E-state index is 6.40. The van der Waals surface area contributed by atoms with Crippen LogP contribution >= 0.6 is 0 Å². The number of hydrogen-bond donors (Lipinski definition) is 1. The lowest BCUT2D eigenvalue weighted by atomic mass is 9.91. The molecule has 1 aromatic rings. The molecule has 3 atom stereocenters. The van der Waals surface area contributed by atoms with E-state index < -0.39 is 0 Å². The molecule has 3 unspecified atom stereocenters. The summed E-state index contributed by atoms with van der Waals surface area (Å²) >= 11 is 0. The van der Waals surface area contributed by atoms with E-state index >= 15 is 0 Å². The van der Waals surface area contributed by atoms with Crippen molar-refractivity contribution in [2.75, 3.05) is 19.6 Å². The zero-order valence-corrected chi connectivity index (χ0v) is 13.5. The first-order valence-electron chi connectivity index (χ1n) is 8.03. The van der Waals surface area contributed by atoms with Crippen LogP contribution in [0.4, 0.5) is 0 Å². The number of likely N-dealkylation sites (tertiary alicyclic amines) is 1. The first kappa shape index (κ1) is 15.5. The molecule has 1 aromatic carbocycles. The SMILES string of the molecule is CC1CC(C)CN(CC(N)c2ccc(C(C)C)cc2)C1. The maximum Gasteiger partial charge on any atom is 0.0424 e. The second kappa shape index (κ2) is 6.73. The smallest absolute Gasteiger partial charge is 0.0424 e. The Morgan fingerprint density at radius 1 is 1.05 bits per heavy atom. The third-order valence-electron chi connectivity index (χ3n) is 4.43. The Morgan fingerprint density at radius 3 is 2.05 bits per heavy atom. The summed E-state index contributed by atoms with van der Waals surface area (Å²) in [7, 11) is 0. The average molecular weight is 274 g/mol. The van der Waals surface area contributed by atoms with Crippen molar-refractivity contribution >= 4 is 0 Å². The van der Waals surface area contributed by atoms with E-state index in [9.17, 15) is 0 Å². The molecule has 0 spiro atoms. The predicted octanol–water partition coefficient (Wildman–Crippen LogP) is 3.79. The van der Waals surface area contributed by atoms with E-state index in [-0.39, 0.29) is 6.04 Å². The van der Waals surface area contributed by atoms with Gasteiger partial charge in [-0.05, 0) is 35.3 Å². The molecule has 2 nitrogen and oxygen atoms in total. The molecule has 2 N–H and O–H groups in total. The van der Waals surface area contributed by atoms with E-state index in [2.05, 4.69) is 56.9 Å². The quantitative estimate of drug-likeness (QED) is 0.905. The number of hydrogen-bond acceptors (Lipinski definition) is 2. The highest BCUT2D eigenvalue weighted by Gasteiger charge is 2.23. The number of nitrogens with two attached hydrogens (primary N) is 1. The Hall–Kier alpha value is -0.860. The zero-order valence-electron chi connectivity index (χ0n) is 13.5. The van der Waals surface area contributed by atoms with E-state index in [1.165, 1.54) is 30.6 Å². The van der Waals surface area contributed by atoms with Gasteiger partial charge >= 0.3 is 0 Å². The van der Waals surface area contributed by atoms with Crippen LogP contribution in [-0.4, -0.2) is 24.5 Å². The molecular weight excluding hydrogens is 244 g/mol. The van der Waals surface area contributed by atoms with Crippen LogP contribution in [0.1, 0.15) is 57.2 Å². The molecule has 0 bridgehead atoms. The third kappa shape index (κ3) is 4.07. The number of piperidine rings is 1. The summed E-state index contributed by atoms with van der Waals surface area (Å²) in [4.78, 5) is 2.54. The van der Waals surface area contributed by atoms with Crippen molar-refractivity contribution in [3.63, 3.8) is 0 Å². The Morgan fingerprint density at radius 2 is 1.55 bits per heavy atom. The van der Waals surface area contributed by atoms with Gasteiger partial charge in [-0.3, -0.25) is 0 Å². The minimum Gasteiger partial charge on any atom is -0.323 e. The fourth-order valence-corrected chi connectivity index (χ4v) is 3.45. The first-order valence-corrected chi connectivity index (χ1v) is 8.03. The molecule has 0 aliphatic carbocycles. The molecule has 2 rings (SSSR count). The zero-order chi connectivity index (χ0) is 14.7. The second-order valence-electron chi connectivity index (χ2n) is 7.09. The van der Waals surface area contributed by atoms with Crippen LogP contribution in [0.15, 0.2) is 24.3 Å². The minimum atomic E-state index is 0.133. The van der Waals surface area contributed by atoms with Crippen molar-refractivity contribution in [2.45, 2.75) is 46.1 Å². The summed E-state index contributed by atoms with van der Waals surface area (Å²) in [5, 5.41) is 0. The van der Waals surface area contributed by atoms with Crippen molar-refractivity contribution in [2.24, 2.45) is 17.6 Å². The molecule has 2 heteroatoms. The number of nitrogens with zero attached hydrogens (tertiary/aromatic N) is 1. The predicted molar refractivity (Wildman–Crippen MR) is 86.8 cm³/mol. The van der Waals surface area contributed by atoms with Crippen molar-refractivity contribution in [1.29, 1.82) is 0 Å². The lowest BCUT2D eigenvalue weighted by Crippen LogP contribution is -2.42. The highest BCUT2D eigenvalue weighted by atomic mass is 15.1. The Bertz CT molecular complexity index is 400. The summed E-state index contributed by atoms with van der Waals surface area (Å²) in [5.74, 6) is 2.19. The largest absolute Gasteiger partial charge is 0.323 e. The minimum absolute atomic E-state index is 0.133. The van der Waals surface area contributed by atoms with Crippen LogP contribution in [0.5, 0.6) is 0 Å². The van der Waals surface area contributed by atoms with Crippen LogP contribution < -0.4 is 5.73 Å². The Kier molecular flexibility index (Phi) is 5.22. The Balaban J connectivity index is 1.95. The molecule has 0 aromatic heterocycles. The van der Waals surface area contributed by atoms with Gasteiger partial charge in [-0.25, -0.2) is 0 Å². The van der Waals surface area contributed by atoms with Gasteiger partial charge in [0.1, 0.15) is 0 Å². The van der Waals surface area contributed by atoms with E-state index in [0.717, 1.165) is 18.4 Å². The number of benzene rings is 1. The topological polar surface area (TPSA) is 29.3 Å². The lowest BCUT2D eigenvalue weighted by molar-refractivity contribution is 0.134. The molecular formula is C18H30N2. The van der Waals surface area contributed by atoms with Gasteiger partial charge in [-0.15, -0.1) is 0 Å². The van der Waals surface area contributed by atoms with Gasteiger partial charge in [0, 0.05) is 25.7 Å². The molecule has 20 heavy (non-hydrogen) atoms. The van der Waals surface area contributed by atoms with Crippen LogP contribution in [0.2, 0.25) is 0 Å². The Labute approximate surface area is 124 Å². The summed E-state index contributed by atoms with van der Waals surface area (Å²) < 4.78 is 0. The summed E-state index contributed by atoms with van der Waals surface area (Å²) in [5.41, 5.74) is 9.06. The lowest BCUT2D eigenvalue weighted by Gasteiger charge is -2.36. The van der Waals surface area contributed by atoms with E-state index in [1.54, 1.807) is 0 Å². The first-order chi connectivity index (χ1) is 9.45. The second-order valence-corrected chi connectivity index (χ2v) is 7.09. The summed E-state index contributed by atoms with van der Waals surface area (Å²) in [6.07, 6.45) is 1.36. The molecule has 0 amide bonds. The van der Waals surface area contributed by atoms with E-state index in [0.29, 0.717) is 5.92 Å². The summed E-state index contributed by atoms with van der Waals surface area (Å²) in [6, 6.07) is 8.99. The van der Waals surface area contributed by atoms with E-state index in [4.69, 9.17) is 5.73 Å². The third-order valence-corrected chi connectivity index (χ3v) is 4.43. The summed E-state index contributed by atoms with van der Waals surface area (Å²) in [6.45, 7) is 12.5. The van der Waals surface area contributed by atoms with Crippen LogP contribution in [-0.2, 0) is 0 Å². The van der Waals surface area contributed by atoms with Crippen molar-refractivity contribution in [1.82, 2.24) is 4.90 Å².